The first kappa shape index (κ1) is 10.8. The van der Waals surface area contributed by atoms with E-state index in [4.69, 9.17) is 5.73 Å². The van der Waals surface area contributed by atoms with E-state index in [1.165, 1.54) is 0 Å². The minimum absolute atomic E-state index is 0.166. The van der Waals surface area contributed by atoms with Crippen molar-refractivity contribution in [1.82, 2.24) is 15.2 Å². The van der Waals surface area contributed by atoms with Gasteiger partial charge in [0, 0.05) is 17.3 Å². The van der Waals surface area contributed by atoms with Gasteiger partial charge < -0.3 is 11.1 Å². The van der Waals surface area contributed by atoms with E-state index in [2.05, 4.69) is 20.5 Å². The van der Waals surface area contributed by atoms with Crippen molar-refractivity contribution >= 4 is 17.3 Å². The Morgan fingerprint density at radius 2 is 2.28 bits per heavy atom. The lowest BCUT2D eigenvalue weighted by atomic mass is 10.3. The maximum absolute atomic E-state index is 11.9. The number of hydrogen-bond donors (Lipinski definition) is 3. The zero-order valence-electron chi connectivity index (χ0n) is 9.68. The maximum atomic E-state index is 11.9. The molecule has 4 N–H and O–H groups in total. The first-order valence-electron chi connectivity index (χ1n) is 5.81. The Labute approximate surface area is 104 Å². The summed E-state index contributed by atoms with van der Waals surface area (Å²) in [5.74, 6) is 1.09. The van der Waals surface area contributed by atoms with Crippen molar-refractivity contribution in [2.45, 2.75) is 18.8 Å². The highest BCUT2D eigenvalue weighted by atomic mass is 16.2. The number of amides is 1. The second-order valence-corrected chi connectivity index (χ2v) is 4.40. The number of carbonyl (C=O) groups excluding carboxylic acids is 1. The molecule has 1 fully saturated rings. The summed E-state index contributed by atoms with van der Waals surface area (Å²) >= 11 is 0. The average Bonchev–Trinajstić information content (AvgIpc) is 3.07. The van der Waals surface area contributed by atoms with Gasteiger partial charge >= 0.3 is 0 Å². The van der Waals surface area contributed by atoms with E-state index in [0.29, 0.717) is 17.3 Å². The molecule has 1 heterocycles. The summed E-state index contributed by atoms with van der Waals surface area (Å²) < 4.78 is 0. The van der Waals surface area contributed by atoms with Crippen LogP contribution in [0.15, 0.2) is 24.3 Å². The second-order valence-electron chi connectivity index (χ2n) is 4.40. The van der Waals surface area contributed by atoms with Gasteiger partial charge in [0.2, 0.25) is 5.82 Å². The molecule has 0 radical (unpaired) electrons. The summed E-state index contributed by atoms with van der Waals surface area (Å²) in [6.45, 7) is 0. The number of anilines is 2. The molecule has 0 unspecified atom stereocenters. The van der Waals surface area contributed by atoms with E-state index in [1.54, 1.807) is 24.3 Å². The molecule has 1 aromatic heterocycles. The number of aromatic amines is 1. The van der Waals surface area contributed by atoms with Crippen molar-refractivity contribution in [3.8, 4) is 0 Å². The van der Waals surface area contributed by atoms with Gasteiger partial charge in [-0.1, -0.05) is 6.07 Å². The molecule has 1 aromatic carbocycles. The van der Waals surface area contributed by atoms with Crippen molar-refractivity contribution < 1.29 is 4.79 Å². The lowest BCUT2D eigenvalue weighted by Crippen LogP contribution is -2.13. The van der Waals surface area contributed by atoms with Crippen molar-refractivity contribution in [3.63, 3.8) is 0 Å². The van der Waals surface area contributed by atoms with Gasteiger partial charge in [0.15, 0.2) is 0 Å². The van der Waals surface area contributed by atoms with Crippen LogP contribution in [-0.2, 0) is 0 Å². The molecular weight excluding hydrogens is 230 g/mol. The first-order chi connectivity index (χ1) is 8.72. The van der Waals surface area contributed by atoms with E-state index in [9.17, 15) is 4.79 Å². The van der Waals surface area contributed by atoms with Crippen molar-refractivity contribution in [2.24, 2.45) is 0 Å². The number of H-pyrrole nitrogens is 1. The van der Waals surface area contributed by atoms with Gasteiger partial charge in [-0.3, -0.25) is 9.89 Å². The third-order valence-corrected chi connectivity index (χ3v) is 2.81. The van der Waals surface area contributed by atoms with E-state index in [-0.39, 0.29) is 11.7 Å². The van der Waals surface area contributed by atoms with Crippen molar-refractivity contribution in [2.75, 3.05) is 11.1 Å². The molecule has 1 saturated carbocycles. The number of nitrogens with two attached hydrogens (primary N) is 1. The highest BCUT2D eigenvalue weighted by molar-refractivity contribution is 6.01. The molecule has 1 amide bonds. The summed E-state index contributed by atoms with van der Waals surface area (Å²) in [6.07, 6.45) is 2.23. The molecule has 6 heteroatoms. The van der Waals surface area contributed by atoms with E-state index in [1.807, 2.05) is 0 Å². The molecule has 1 aliphatic carbocycles. The predicted octanol–water partition coefficient (Wildman–Crippen LogP) is 1.52. The molecule has 92 valence electrons. The number of nitrogens with zero attached hydrogens (tertiary/aromatic N) is 2. The molecule has 2 aromatic rings. The summed E-state index contributed by atoms with van der Waals surface area (Å²) in [6, 6.07) is 6.99. The molecule has 18 heavy (non-hydrogen) atoms. The van der Waals surface area contributed by atoms with Gasteiger partial charge in [-0.15, -0.1) is 5.10 Å². The highest BCUT2D eigenvalue weighted by Gasteiger charge is 2.28. The van der Waals surface area contributed by atoms with Gasteiger partial charge in [-0.05, 0) is 31.0 Å². The SMILES string of the molecule is Nc1cccc(NC(=O)c2n[nH]c(C3CC3)n2)c1. The van der Waals surface area contributed by atoms with Crippen LogP contribution in [0.3, 0.4) is 0 Å². The molecule has 0 spiro atoms. The largest absolute Gasteiger partial charge is 0.399 e. The zero-order chi connectivity index (χ0) is 12.5. The summed E-state index contributed by atoms with van der Waals surface area (Å²) in [5, 5.41) is 9.42. The average molecular weight is 243 g/mol. The quantitative estimate of drug-likeness (QED) is 0.712. The van der Waals surface area contributed by atoms with Crippen molar-refractivity contribution in [1.29, 1.82) is 0 Å². The predicted molar refractivity (Wildman–Crippen MR) is 67.2 cm³/mol. The molecule has 1 aliphatic rings. The number of carbonyl (C=O) groups is 1. The number of rotatable bonds is 3. The van der Waals surface area contributed by atoms with E-state index in [0.717, 1.165) is 18.7 Å². The summed E-state index contributed by atoms with van der Waals surface area (Å²) in [4.78, 5) is 16.1. The van der Waals surface area contributed by atoms with Gasteiger partial charge in [0.25, 0.3) is 5.91 Å². The summed E-state index contributed by atoms with van der Waals surface area (Å²) in [7, 11) is 0. The Hall–Kier alpha value is -2.37. The van der Waals surface area contributed by atoms with Crippen LogP contribution in [0, 0.1) is 0 Å². The van der Waals surface area contributed by atoms with Crippen LogP contribution in [0.1, 0.15) is 35.2 Å². The number of nitrogens with one attached hydrogen (secondary N) is 2. The van der Waals surface area contributed by atoms with Crippen LogP contribution in [0.5, 0.6) is 0 Å². The Balaban J connectivity index is 1.73. The Kier molecular flexibility index (Phi) is 2.47. The molecule has 0 aliphatic heterocycles. The van der Waals surface area contributed by atoms with Gasteiger partial charge in [0.1, 0.15) is 5.82 Å². The molecule has 0 atom stereocenters. The normalized spacial score (nSPS) is 14.4. The highest BCUT2D eigenvalue weighted by Crippen LogP contribution is 2.37. The van der Waals surface area contributed by atoms with Gasteiger partial charge in [-0.2, -0.15) is 0 Å². The zero-order valence-corrected chi connectivity index (χ0v) is 9.68. The fraction of sp³-hybridized carbons (Fsp3) is 0.250. The van der Waals surface area contributed by atoms with Crippen LogP contribution in [0.4, 0.5) is 11.4 Å². The summed E-state index contributed by atoms with van der Waals surface area (Å²) in [5.41, 5.74) is 6.87. The Morgan fingerprint density at radius 3 is 3.00 bits per heavy atom. The molecule has 3 rings (SSSR count). The Morgan fingerprint density at radius 1 is 1.44 bits per heavy atom. The lowest BCUT2D eigenvalue weighted by molar-refractivity contribution is 0.101. The number of benzene rings is 1. The Bertz CT molecular complexity index is 588. The van der Waals surface area contributed by atoms with Crippen LogP contribution in [0.2, 0.25) is 0 Å². The van der Waals surface area contributed by atoms with Gasteiger partial charge in [-0.25, -0.2) is 4.98 Å². The second kappa shape index (κ2) is 4.14. The van der Waals surface area contributed by atoms with E-state index < -0.39 is 0 Å². The number of hydrogen-bond acceptors (Lipinski definition) is 4. The van der Waals surface area contributed by atoms with Crippen LogP contribution in [0.25, 0.3) is 0 Å². The third kappa shape index (κ3) is 2.17. The smallest absolute Gasteiger partial charge is 0.295 e. The van der Waals surface area contributed by atoms with Crippen LogP contribution >= 0.6 is 0 Å². The molecular formula is C12H13N5O. The minimum Gasteiger partial charge on any atom is -0.399 e. The first-order valence-corrected chi connectivity index (χ1v) is 5.81. The van der Waals surface area contributed by atoms with E-state index >= 15 is 0 Å². The number of nitrogen functional groups attached to an aromatic ring is 1. The lowest BCUT2D eigenvalue weighted by Gasteiger charge is -2.02. The van der Waals surface area contributed by atoms with Gasteiger partial charge in [0.05, 0.1) is 0 Å². The monoisotopic (exact) mass is 243 g/mol. The fourth-order valence-corrected chi connectivity index (χ4v) is 1.72. The van der Waals surface area contributed by atoms with Crippen molar-refractivity contribution in [3.05, 3.63) is 35.9 Å². The fourth-order valence-electron chi connectivity index (χ4n) is 1.72. The number of aromatic nitrogens is 3. The topological polar surface area (TPSA) is 96.7 Å². The molecule has 6 nitrogen and oxygen atoms in total. The van der Waals surface area contributed by atoms with Crippen LogP contribution < -0.4 is 11.1 Å². The molecule has 0 bridgehead atoms. The maximum Gasteiger partial charge on any atom is 0.295 e. The van der Waals surface area contributed by atoms with Crippen LogP contribution in [-0.4, -0.2) is 21.1 Å². The third-order valence-electron chi connectivity index (χ3n) is 2.81. The minimum atomic E-state index is -0.330. The molecule has 0 saturated heterocycles. The standard InChI is InChI=1S/C12H13N5O/c13-8-2-1-3-9(6-8)14-12(18)11-15-10(16-17-11)7-4-5-7/h1-3,6-7H,4-5,13H2,(H,14,18)(H,15,16,17).